The lowest BCUT2D eigenvalue weighted by Gasteiger charge is -2.12. The summed E-state index contributed by atoms with van der Waals surface area (Å²) in [5, 5.41) is 0. The Bertz CT molecular complexity index is 417. The largest absolute Gasteiger partial charge is 0.496 e. The molecule has 0 saturated carbocycles. The monoisotopic (exact) mass is 250 g/mol. The van der Waals surface area contributed by atoms with E-state index in [4.69, 9.17) is 10.6 Å². The topological polar surface area (TPSA) is 64.3 Å². The van der Waals surface area contributed by atoms with Gasteiger partial charge in [-0.25, -0.2) is 5.84 Å². The number of carbonyl (C=O) groups is 1. The van der Waals surface area contributed by atoms with Gasteiger partial charge in [0.15, 0.2) is 0 Å². The van der Waals surface area contributed by atoms with Crippen LogP contribution in [0.3, 0.4) is 0 Å². The number of methoxy groups -OCH3 is 1. The molecule has 4 heteroatoms. The quantitative estimate of drug-likeness (QED) is 0.351. The van der Waals surface area contributed by atoms with Crippen molar-refractivity contribution in [3.63, 3.8) is 0 Å². The van der Waals surface area contributed by atoms with Crippen LogP contribution in [0.15, 0.2) is 12.1 Å². The van der Waals surface area contributed by atoms with Crippen molar-refractivity contribution in [3.05, 3.63) is 28.8 Å². The Labute approximate surface area is 108 Å². The van der Waals surface area contributed by atoms with Gasteiger partial charge in [-0.3, -0.25) is 10.2 Å². The molecule has 0 fully saturated rings. The highest BCUT2D eigenvalue weighted by atomic mass is 16.5. The zero-order chi connectivity index (χ0) is 13.5. The average Bonchev–Trinajstić information content (AvgIpc) is 2.39. The van der Waals surface area contributed by atoms with Crippen LogP contribution in [0.2, 0.25) is 0 Å². The van der Waals surface area contributed by atoms with E-state index < -0.39 is 0 Å². The molecule has 0 unspecified atom stereocenters. The van der Waals surface area contributed by atoms with Crippen LogP contribution >= 0.6 is 0 Å². The van der Waals surface area contributed by atoms with Gasteiger partial charge in [-0.2, -0.15) is 0 Å². The van der Waals surface area contributed by atoms with Crippen molar-refractivity contribution in [1.29, 1.82) is 0 Å². The Hall–Kier alpha value is -1.55. The van der Waals surface area contributed by atoms with Crippen molar-refractivity contribution < 1.29 is 9.53 Å². The van der Waals surface area contributed by atoms with E-state index in [0.29, 0.717) is 6.42 Å². The van der Waals surface area contributed by atoms with Crippen LogP contribution in [0, 0.1) is 13.8 Å². The van der Waals surface area contributed by atoms with Crippen molar-refractivity contribution in [1.82, 2.24) is 5.43 Å². The van der Waals surface area contributed by atoms with Crippen LogP contribution in [-0.4, -0.2) is 13.0 Å². The van der Waals surface area contributed by atoms with Crippen LogP contribution in [0.1, 0.15) is 36.0 Å². The predicted molar refractivity (Wildman–Crippen MR) is 72.4 cm³/mol. The molecule has 1 amide bonds. The van der Waals surface area contributed by atoms with E-state index >= 15 is 0 Å². The molecule has 0 aliphatic rings. The summed E-state index contributed by atoms with van der Waals surface area (Å²) in [6, 6.07) is 4.11. The number of hydrazine groups is 1. The van der Waals surface area contributed by atoms with Gasteiger partial charge in [-0.15, -0.1) is 0 Å². The fraction of sp³-hybridized carbons (Fsp3) is 0.500. The number of hydrogen-bond donors (Lipinski definition) is 2. The smallest absolute Gasteiger partial charge is 0.233 e. The van der Waals surface area contributed by atoms with Gasteiger partial charge in [0.05, 0.1) is 7.11 Å². The van der Waals surface area contributed by atoms with Crippen molar-refractivity contribution in [2.24, 2.45) is 5.84 Å². The molecule has 0 aliphatic carbocycles. The number of rotatable bonds is 6. The third kappa shape index (κ3) is 3.74. The summed E-state index contributed by atoms with van der Waals surface area (Å²) >= 11 is 0. The van der Waals surface area contributed by atoms with E-state index in [2.05, 4.69) is 25.3 Å². The van der Waals surface area contributed by atoms with Gasteiger partial charge in [0.2, 0.25) is 5.91 Å². The number of unbranched alkanes of at least 4 members (excludes halogenated alkanes) is 1. The number of aryl methyl sites for hydroxylation is 1. The number of ether oxygens (including phenoxy) is 1. The zero-order valence-electron chi connectivity index (χ0n) is 11.4. The SMILES string of the molecule is COc1ccc(CCCCC(=O)NN)c(C)c1C. The van der Waals surface area contributed by atoms with Crippen molar-refractivity contribution in [2.45, 2.75) is 39.5 Å². The van der Waals surface area contributed by atoms with Crippen LogP contribution in [-0.2, 0) is 11.2 Å². The molecule has 100 valence electrons. The van der Waals surface area contributed by atoms with Crippen molar-refractivity contribution in [3.8, 4) is 5.75 Å². The van der Waals surface area contributed by atoms with E-state index in [9.17, 15) is 4.79 Å². The van der Waals surface area contributed by atoms with E-state index in [1.807, 2.05) is 6.07 Å². The maximum Gasteiger partial charge on any atom is 0.233 e. The highest BCUT2D eigenvalue weighted by Gasteiger charge is 2.06. The van der Waals surface area contributed by atoms with Gasteiger partial charge in [-0.05, 0) is 55.9 Å². The van der Waals surface area contributed by atoms with Crippen molar-refractivity contribution in [2.75, 3.05) is 7.11 Å². The van der Waals surface area contributed by atoms with E-state index in [1.54, 1.807) is 7.11 Å². The fourth-order valence-electron chi connectivity index (χ4n) is 2.02. The molecule has 0 bridgehead atoms. The molecule has 0 saturated heterocycles. The minimum atomic E-state index is -0.0994. The van der Waals surface area contributed by atoms with Gasteiger partial charge in [0.25, 0.3) is 0 Å². The summed E-state index contributed by atoms with van der Waals surface area (Å²) in [5.74, 6) is 5.86. The number of benzene rings is 1. The molecule has 3 N–H and O–H groups in total. The molecule has 0 aromatic heterocycles. The number of hydrogen-bond acceptors (Lipinski definition) is 3. The molecule has 1 rings (SSSR count). The average molecular weight is 250 g/mol. The van der Waals surface area contributed by atoms with Gasteiger partial charge in [-0.1, -0.05) is 6.07 Å². The molecule has 0 spiro atoms. The molecule has 0 heterocycles. The lowest BCUT2D eigenvalue weighted by Crippen LogP contribution is -2.29. The second kappa shape index (κ2) is 7.01. The van der Waals surface area contributed by atoms with Crippen LogP contribution in [0.25, 0.3) is 0 Å². The first kappa shape index (κ1) is 14.5. The van der Waals surface area contributed by atoms with E-state index in [0.717, 1.165) is 25.0 Å². The highest BCUT2D eigenvalue weighted by molar-refractivity contribution is 5.75. The van der Waals surface area contributed by atoms with Crippen molar-refractivity contribution >= 4 is 5.91 Å². The highest BCUT2D eigenvalue weighted by Crippen LogP contribution is 2.24. The zero-order valence-corrected chi connectivity index (χ0v) is 11.4. The summed E-state index contributed by atoms with van der Waals surface area (Å²) < 4.78 is 5.29. The summed E-state index contributed by atoms with van der Waals surface area (Å²) in [7, 11) is 1.69. The lowest BCUT2D eigenvalue weighted by atomic mass is 9.98. The van der Waals surface area contributed by atoms with Gasteiger partial charge in [0, 0.05) is 6.42 Å². The molecule has 0 aliphatic heterocycles. The molecular formula is C14H22N2O2. The first-order chi connectivity index (χ1) is 8.60. The molecule has 0 radical (unpaired) electrons. The Kier molecular flexibility index (Phi) is 5.65. The second-order valence-electron chi connectivity index (χ2n) is 4.45. The summed E-state index contributed by atoms with van der Waals surface area (Å²) in [5.41, 5.74) is 5.93. The Morgan fingerprint density at radius 1 is 1.28 bits per heavy atom. The number of nitrogens with one attached hydrogen (secondary N) is 1. The normalized spacial score (nSPS) is 10.2. The maximum atomic E-state index is 11.0. The van der Waals surface area contributed by atoms with E-state index in [1.165, 1.54) is 16.7 Å². The van der Waals surface area contributed by atoms with Gasteiger partial charge >= 0.3 is 0 Å². The van der Waals surface area contributed by atoms with E-state index in [-0.39, 0.29) is 5.91 Å². The first-order valence-electron chi connectivity index (χ1n) is 6.22. The fourth-order valence-corrected chi connectivity index (χ4v) is 2.02. The molecule has 0 atom stereocenters. The summed E-state index contributed by atoms with van der Waals surface area (Å²) in [4.78, 5) is 11.0. The van der Waals surface area contributed by atoms with Gasteiger partial charge in [0.1, 0.15) is 5.75 Å². The number of nitrogens with two attached hydrogens (primary N) is 1. The molecule has 1 aromatic rings. The van der Waals surface area contributed by atoms with Gasteiger partial charge < -0.3 is 4.74 Å². The standard InChI is InChI=1S/C14H22N2O2/c1-10-11(2)13(18-3)9-8-12(10)6-4-5-7-14(17)16-15/h8-9H,4-7,15H2,1-3H3,(H,16,17). The third-order valence-corrected chi connectivity index (χ3v) is 3.33. The lowest BCUT2D eigenvalue weighted by molar-refractivity contribution is -0.121. The predicted octanol–water partition coefficient (Wildman–Crippen LogP) is 2.01. The minimum absolute atomic E-state index is 0.0994. The molecule has 4 nitrogen and oxygen atoms in total. The Balaban J connectivity index is 2.53. The molecule has 18 heavy (non-hydrogen) atoms. The maximum absolute atomic E-state index is 11.0. The summed E-state index contributed by atoms with van der Waals surface area (Å²) in [6.07, 6.45) is 3.31. The molecular weight excluding hydrogens is 228 g/mol. The molecule has 1 aromatic carbocycles. The first-order valence-corrected chi connectivity index (χ1v) is 6.22. The second-order valence-corrected chi connectivity index (χ2v) is 4.45. The van der Waals surface area contributed by atoms with Crippen LogP contribution in [0.4, 0.5) is 0 Å². The summed E-state index contributed by atoms with van der Waals surface area (Å²) in [6.45, 7) is 4.18. The Morgan fingerprint density at radius 3 is 2.61 bits per heavy atom. The number of amides is 1. The minimum Gasteiger partial charge on any atom is -0.496 e. The Morgan fingerprint density at radius 2 is 2.00 bits per heavy atom. The van der Waals surface area contributed by atoms with Crippen LogP contribution < -0.4 is 16.0 Å². The third-order valence-electron chi connectivity index (χ3n) is 3.33. The number of carbonyl (C=O) groups excluding carboxylic acids is 1. The van der Waals surface area contributed by atoms with Crippen LogP contribution in [0.5, 0.6) is 5.75 Å².